The lowest BCUT2D eigenvalue weighted by Gasteiger charge is -2.34. The van der Waals surface area contributed by atoms with Crippen molar-refractivity contribution in [2.45, 2.75) is 44.9 Å². The van der Waals surface area contributed by atoms with Crippen molar-refractivity contribution in [1.29, 1.82) is 0 Å². The topological polar surface area (TPSA) is 42.3 Å². The number of hydrogen-bond donors (Lipinski definition) is 0. The number of fused-ring (bicyclic) bond motifs is 1. The Labute approximate surface area is 127 Å². The highest BCUT2D eigenvalue weighted by atomic mass is 127. The van der Waals surface area contributed by atoms with Crippen LogP contribution in [0.15, 0.2) is 17.1 Å². The highest BCUT2D eigenvalue weighted by Crippen LogP contribution is 2.43. The molecule has 0 spiro atoms. The second-order valence-electron chi connectivity index (χ2n) is 5.97. The van der Waals surface area contributed by atoms with Gasteiger partial charge in [0.15, 0.2) is 0 Å². The van der Waals surface area contributed by atoms with E-state index >= 15 is 0 Å². The van der Waals surface area contributed by atoms with E-state index in [1.54, 1.807) is 0 Å². The van der Waals surface area contributed by atoms with E-state index in [-0.39, 0.29) is 11.8 Å². The minimum Gasteiger partial charge on any atom is -0.271 e. The number of carbonyl (C=O) groups is 1. The molecule has 1 aliphatic carbocycles. The zero-order chi connectivity index (χ0) is 13.8. The SMILES string of the molecule is CC(C)C1(C)C(=O)N=C(I)c2ccc(C3CC3)nc21. The Balaban J connectivity index is 2.21. The molecule has 0 saturated heterocycles. The van der Waals surface area contributed by atoms with Crippen molar-refractivity contribution in [2.75, 3.05) is 0 Å². The van der Waals surface area contributed by atoms with Crippen LogP contribution in [0.2, 0.25) is 0 Å². The highest BCUT2D eigenvalue weighted by Gasteiger charge is 2.45. The minimum absolute atomic E-state index is 0.0557. The van der Waals surface area contributed by atoms with Crippen LogP contribution in [0.5, 0.6) is 0 Å². The summed E-state index contributed by atoms with van der Waals surface area (Å²) in [6.07, 6.45) is 2.45. The largest absolute Gasteiger partial charge is 0.271 e. The van der Waals surface area contributed by atoms with Gasteiger partial charge >= 0.3 is 0 Å². The molecule has 4 heteroatoms. The van der Waals surface area contributed by atoms with Crippen LogP contribution in [0, 0.1) is 5.92 Å². The predicted molar refractivity (Wildman–Crippen MR) is 84.0 cm³/mol. The monoisotopic (exact) mass is 368 g/mol. The lowest BCUT2D eigenvalue weighted by atomic mass is 9.72. The lowest BCUT2D eigenvalue weighted by Crippen LogP contribution is -2.42. The molecule has 1 unspecified atom stereocenters. The van der Waals surface area contributed by atoms with Gasteiger partial charge in [0.25, 0.3) is 5.91 Å². The Hall–Kier alpha value is -0.780. The summed E-state index contributed by atoms with van der Waals surface area (Å²) in [5.41, 5.74) is 2.51. The first-order chi connectivity index (χ1) is 8.94. The predicted octanol–water partition coefficient (Wildman–Crippen LogP) is 3.59. The van der Waals surface area contributed by atoms with Crippen LogP contribution in [0.3, 0.4) is 0 Å². The summed E-state index contributed by atoms with van der Waals surface area (Å²) in [6, 6.07) is 4.19. The molecule has 100 valence electrons. The maximum Gasteiger partial charge on any atom is 0.258 e. The Morgan fingerprint density at radius 1 is 1.37 bits per heavy atom. The number of rotatable bonds is 2. The third-order valence-electron chi connectivity index (χ3n) is 4.43. The van der Waals surface area contributed by atoms with Crippen molar-refractivity contribution in [2.24, 2.45) is 10.9 Å². The molecule has 2 heterocycles. The number of aliphatic imine (C=N–C) groups is 1. The summed E-state index contributed by atoms with van der Waals surface area (Å²) in [7, 11) is 0. The van der Waals surface area contributed by atoms with E-state index in [1.165, 1.54) is 12.8 Å². The van der Waals surface area contributed by atoms with Gasteiger partial charge in [0.2, 0.25) is 0 Å². The highest BCUT2D eigenvalue weighted by molar-refractivity contribution is 14.1. The quantitative estimate of drug-likeness (QED) is 0.749. The van der Waals surface area contributed by atoms with Crippen LogP contribution in [-0.2, 0) is 10.2 Å². The van der Waals surface area contributed by atoms with Gasteiger partial charge in [-0.25, -0.2) is 4.99 Å². The van der Waals surface area contributed by atoms with E-state index in [1.807, 2.05) is 6.92 Å². The van der Waals surface area contributed by atoms with E-state index in [0.29, 0.717) is 5.92 Å². The summed E-state index contributed by atoms with van der Waals surface area (Å²) in [5, 5.41) is 0. The fraction of sp³-hybridized carbons (Fsp3) is 0.533. The number of amides is 1. The molecule has 0 bridgehead atoms. The Bertz CT molecular complexity index is 590. The third kappa shape index (κ3) is 1.95. The fourth-order valence-electron chi connectivity index (χ4n) is 2.53. The van der Waals surface area contributed by atoms with E-state index in [2.05, 4.69) is 53.6 Å². The van der Waals surface area contributed by atoms with E-state index < -0.39 is 5.41 Å². The normalized spacial score (nSPS) is 26.4. The molecule has 1 aromatic rings. The number of halogens is 1. The molecule has 0 radical (unpaired) electrons. The molecule has 1 atom stereocenters. The van der Waals surface area contributed by atoms with Crippen LogP contribution < -0.4 is 0 Å². The van der Waals surface area contributed by atoms with Crippen molar-refractivity contribution in [3.63, 3.8) is 0 Å². The fourth-order valence-corrected chi connectivity index (χ4v) is 3.18. The van der Waals surface area contributed by atoms with Gasteiger partial charge in [-0.15, -0.1) is 0 Å². The number of aromatic nitrogens is 1. The van der Waals surface area contributed by atoms with Crippen molar-refractivity contribution in [3.8, 4) is 0 Å². The first-order valence-electron chi connectivity index (χ1n) is 6.75. The Morgan fingerprint density at radius 2 is 2.05 bits per heavy atom. The molecule has 1 aliphatic heterocycles. The summed E-state index contributed by atoms with van der Waals surface area (Å²) < 4.78 is 0.769. The van der Waals surface area contributed by atoms with Gasteiger partial charge in [-0.05, 0) is 60.4 Å². The van der Waals surface area contributed by atoms with Crippen LogP contribution in [0.25, 0.3) is 0 Å². The first kappa shape index (κ1) is 13.2. The van der Waals surface area contributed by atoms with E-state index in [0.717, 1.165) is 20.7 Å². The second kappa shape index (κ2) is 4.36. The summed E-state index contributed by atoms with van der Waals surface area (Å²) in [4.78, 5) is 21.5. The summed E-state index contributed by atoms with van der Waals surface area (Å²) in [5.74, 6) is 0.738. The van der Waals surface area contributed by atoms with Gasteiger partial charge in [-0.2, -0.15) is 0 Å². The van der Waals surface area contributed by atoms with Gasteiger partial charge in [-0.1, -0.05) is 13.8 Å². The van der Waals surface area contributed by atoms with Crippen LogP contribution in [-0.4, -0.2) is 14.6 Å². The molecule has 19 heavy (non-hydrogen) atoms. The number of nitrogens with zero attached hydrogens (tertiary/aromatic N) is 2. The molecule has 0 aromatic carbocycles. The first-order valence-corrected chi connectivity index (χ1v) is 7.83. The molecule has 3 rings (SSSR count). The molecular formula is C15H17IN2O. The van der Waals surface area contributed by atoms with E-state index in [9.17, 15) is 4.79 Å². The molecular weight excluding hydrogens is 351 g/mol. The van der Waals surface area contributed by atoms with Crippen LogP contribution in [0.1, 0.15) is 56.5 Å². The Morgan fingerprint density at radius 3 is 2.63 bits per heavy atom. The summed E-state index contributed by atoms with van der Waals surface area (Å²) in [6.45, 7) is 6.12. The molecule has 1 fully saturated rings. The molecule has 3 nitrogen and oxygen atoms in total. The lowest BCUT2D eigenvalue weighted by molar-refractivity contribution is -0.124. The van der Waals surface area contributed by atoms with Gasteiger partial charge in [0, 0.05) is 17.2 Å². The molecule has 2 aliphatic rings. The van der Waals surface area contributed by atoms with Crippen molar-refractivity contribution in [3.05, 3.63) is 29.1 Å². The van der Waals surface area contributed by atoms with Gasteiger partial charge in [0.05, 0.1) is 11.1 Å². The van der Waals surface area contributed by atoms with Crippen molar-refractivity contribution < 1.29 is 4.79 Å². The average molecular weight is 368 g/mol. The Kier molecular flexibility index (Phi) is 3.04. The maximum absolute atomic E-state index is 12.4. The zero-order valence-electron chi connectivity index (χ0n) is 11.4. The van der Waals surface area contributed by atoms with Crippen molar-refractivity contribution >= 4 is 32.2 Å². The number of pyridine rings is 1. The van der Waals surface area contributed by atoms with Gasteiger partial charge < -0.3 is 0 Å². The molecule has 1 aromatic heterocycles. The average Bonchev–Trinajstić information content (AvgIpc) is 3.19. The second-order valence-corrected chi connectivity index (χ2v) is 6.99. The zero-order valence-corrected chi connectivity index (χ0v) is 13.6. The van der Waals surface area contributed by atoms with Crippen LogP contribution >= 0.6 is 22.6 Å². The van der Waals surface area contributed by atoms with Gasteiger partial charge in [0.1, 0.15) is 3.72 Å². The molecule has 1 amide bonds. The van der Waals surface area contributed by atoms with Crippen LogP contribution in [0.4, 0.5) is 0 Å². The minimum atomic E-state index is -0.588. The smallest absolute Gasteiger partial charge is 0.258 e. The third-order valence-corrected chi connectivity index (χ3v) is 5.25. The number of hydrogen-bond acceptors (Lipinski definition) is 2. The summed E-state index contributed by atoms with van der Waals surface area (Å²) >= 11 is 2.14. The van der Waals surface area contributed by atoms with Crippen molar-refractivity contribution in [1.82, 2.24) is 4.98 Å². The maximum atomic E-state index is 12.4. The standard InChI is InChI=1S/C15H17IN2O/c1-8(2)15(3)12-10(13(16)18-14(15)19)6-7-11(17-12)9-4-5-9/h6-9H,4-5H2,1-3H3. The van der Waals surface area contributed by atoms with Gasteiger partial charge in [-0.3, -0.25) is 9.78 Å². The molecule has 0 N–H and O–H groups in total. The molecule has 1 saturated carbocycles. The van der Waals surface area contributed by atoms with E-state index in [4.69, 9.17) is 4.98 Å². The number of carbonyl (C=O) groups excluding carboxylic acids is 1.